The lowest BCUT2D eigenvalue weighted by atomic mass is 9.81. The van der Waals surface area contributed by atoms with Gasteiger partial charge in [-0.3, -0.25) is 0 Å². The molecule has 0 fully saturated rings. The van der Waals surface area contributed by atoms with Crippen LogP contribution in [0.15, 0.2) is 84.6 Å². The van der Waals surface area contributed by atoms with E-state index in [1.54, 1.807) is 12.1 Å². The van der Waals surface area contributed by atoms with Crippen molar-refractivity contribution in [3.63, 3.8) is 0 Å². The molecule has 202 valence electrons. The average molecular weight is 545 g/mol. The smallest absolute Gasteiger partial charge is 0.209 e. The van der Waals surface area contributed by atoms with Crippen LogP contribution in [0, 0.1) is 21.9 Å². The van der Waals surface area contributed by atoms with Gasteiger partial charge in [-0.2, -0.15) is 4.58 Å². The minimum atomic E-state index is -4.94. The van der Waals surface area contributed by atoms with E-state index in [9.17, 15) is 8.78 Å². The first kappa shape index (κ1) is 29.4. The lowest BCUT2D eigenvalue weighted by Gasteiger charge is -2.23. The van der Waals surface area contributed by atoms with E-state index in [1.165, 1.54) is 12.1 Å². The Balaban J connectivity index is 0.000000732. The first-order valence-corrected chi connectivity index (χ1v) is 13.1. The number of anilines is 1. The van der Waals surface area contributed by atoms with Crippen LogP contribution < -0.4 is 23.5 Å². The predicted molar refractivity (Wildman–Crippen MR) is 134 cm³/mol. The third kappa shape index (κ3) is 6.28. The first-order chi connectivity index (χ1) is 17.5. The molecule has 2 heterocycles. The van der Waals surface area contributed by atoms with Gasteiger partial charge in [0.25, 0.3) is 0 Å². The number of hydrogen-bond donors (Lipinski definition) is 0. The summed E-state index contributed by atoms with van der Waals surface area (Å²) in [4.78, 5) is 2.12. The lowest BCUT2D eigenvalue weighted by molar-refractivity contribution is -2.00. The Morgan fingerprint density at radius 2 is 1.32 bits per heavy atom. The van der Waals surface area contributed by atoms with Crippen LogP contribution in [-0.2, 0) is 10.8 Å². The largest absolute Gasteiger partial charge is 0.347 e. The Kier molecular flexibility index (Phi) is 8.45. The van der Waals surface area contributed by atoms with Crippen LogP contribution in [0.4, 0.5) is 20.2 Å². The van der Waals surface area contributed by atoms with Crippen molar-refractivity contribution in [3.05, 3.63) is 107 Å². The lowest BCUT2D eigenvalue weighted by Crippen LogP contribution is -2.68. The van der Waals surface area contributed by atoms with Crippen LogP contribution >= 0.6 is 0 Å². The molecule has 0 saturated heterocycles. The van der Waals surface area contributed by atoms with Crippen LogP contribution in [0.2, 0.25) is 0 Å². The van der Waals surface area contributed by atoms with E-state index >= 15 is 0 Å². The van der Waals surface area contributed by atoms with Gasteiger partial charge in [0, 0.05) is 41.6 Å². The number of allylic oxidation sites excluding steroid dienone is 8. The van der Waals surface area contributed by atoms with E-state index in [1.807, 2.05) is 56.6 Å². The van der Waals surface area contributed by atoms with Crippen molar-refractivity contribution in [2.24, 2.45) is 0 Å². The number of nitrogens with zero attached hydrogens (tertiary/aromatic N) is 2. The molecule has 0 unspecified atom stereocenters. The summed E-state index contributed by atoms with van der Waals surface area (Å²) in [5.74, 6) is -0.409. The van der Waals surface area contributed by atoms with Crippen LogP contribution in [0.1, 0.15) is 38.8 Å². The van der Waals surface area contributed by atoms with Crippen molar-refractivity contribution in [2.45, 2.75) is 38.5 Å². The molecule has 2 aliphatic rings. The monoisotopic (exact) mass is 544 g/mol. The summed E-state index contributed by atoms with van der Waals surface area (Å²) in [5.41, 5.74) is 5.82. The van der Waals surface area contributed by atoms with Crippen LogP contribution in [0.5, 0.6) is 0 Å². The van der Waals surface area contributed by atoms with E-state index in [4.69, 9.17) is 18.6 Å². The third-order valence-electron chi connectivity index (χ3n) is 6.94. The normalized spacial score (nSPS) is 19.1. The molecular formula is C29H31ClF2N2O4. The van der Waals surface area contributed by atoms with E-state index in [0.717, 1.165) is 33.9 Å². The van der Waals surface area contributed by atoms with Gasteiger partial charge in [0.2, 0.25) is 5.69 Å². The van der Waals surface area contributed by atoms with E-state index in [-0.39, 0.29) is 22.5 Å². The van der Waals surface area contributed by atoms with E-state index in [0.29, 0.717) is 0 Å². The molecule has 38 heavy (non-hydrogen) atoms. The summed E-state index contributed by atoms with van der Waals surface area (Å²) in [6.45, 7) is 8.48. The second-order valence-electron chi connectivity index (χ2n) is 10.1. The average Bonchev–Trinajstić information content (AvgIpc) is 3.10. The summed E-state index contributed by atoms with van der Waals surface area (Å²) >= 11 is 0. The van der Waals surface area contributed by atoms with Gasteiger partial charge in [-0.25, -0.2) is 27.4 Å². The fraction of sp³-hybridized carbons (Fsp3) is 0.276. The van der Waals surface area contributed by atoms with Gasteiger partial charge in [-0.1, -0.05) is 44.2 Å². The maximum absolute atomic E-state index is 13.8. The molecule has 4 rings (SSSR count). The summed E-state index contributed by atoms with van der Waals surface area (Å²) in [6, 6.07) is 9.96. The summed E-state index contributed by atoms with van der Waals surface area (Å²) in [6.07, 6.45) is 14.2. The summed E-state index contributed by atoms with van der Waals surface area (Å²) in [7, 11) is -0.907. The number of benzene rings is 2. The Morgan fingerprint density at radius 1 is 0.789 bits per heavy atom. The molecule has 2 aromatic carbocycles. The van der Waals surface area contributed by atoms with Gasteiger partial charge in [-0.05, 0) is 55.8 Å². The SMILES string of the molecule is CN1C(=CC=CC=CC=CC2=[N+](C)c3ccc(F)cc3C2(C)C)C(C)(C)c2cc(F)ccc21.[O-][Cl+3]([O-])([O-])[O-]. The number of hydrogen-bond acceptors (Lipinski definition) is 5. The topological polar surface area (TPSA) is 98.5 Å². The third-order valence-corrected chi connectivity index (χ3v) is 6.94. The predicted octanol–water partition coefficient (Wildman–Crippen LogP) is 2.19. The second-order valence-corrected chi connectivity index (χ2v) is 10.9. The second kappa shape index (κ2) is 10.9. The zero-order valence-electron chi connectivity index (χ0n) is 22.2. The van der Waals surface area contributed by atoms with Gasteiger partial charge in [0.15, 0.2) is 5.71 Å². The molecular weight excluding hydrogens is 514 g/mol. The van der Waals surface area contributed by atoms with E-state index in [2.05, 4.69) is 49.3 Å². The van der Waals surface area contributed by atoms with Crippen molar-refractivity contribution in [1.29, 1.82) is 0 Å². The van der Waals surface area contributed by atoms with Crippen LogP contribution in [0.25, 0.3) is 0 Å². The Hall–Kier alpha value is -3.14. The molecule has 0 N–H and O–H groups in total. The highest BCUT2D eigenvalue weighted by molar-refractivity contribution is 6.03. The molecule has 0 bridgehead atoms. The zero-order chi connectivity index (χ0) is 28.5. The molecule has 6 nitrogen and oxygen atoms in total. The van der Waals surface area contributed by atoms with Crippen LogP contribution in [-0.4, -0.2) is 24.4 Å². The molecule has 0 spiro atoms. The fourth-order valence-electron chi connectivity index (χ4n) is 5.10. The minimum absolute atomic E-state index is 0.205. The van der Waals surface area contributed by atoms with Gasteiger partial charge in [0.1, 0.15) is 18.7 Å². The highest BCUT2D eigenvalue weighted by atomic mass is 35.7. The van der Waals surface area contributed by atoms with Gasteiger partial charge in [-0.15, -0.1) is 10.2 Å². The molecule has 0 amide bonds. The van der Waals surface area contributed by atoms with Crippen molar-refractivity contribution in [2.75, 3.05) is 19.0 Å². The molecule has 2 aliphatic heterocycles. The Bertz CT molecular complexity index is 1360. The first-order valence-electron chi connectivity index (χ1n) is 11.8. The van der Waals surface area contributed by atoms with Crippen molar-refractivity contribution in [3.8, 4) is 0 Å². The molecule has 9 heteroatoms. The zero-order valence-corrected chi connectivity index (χ0v) is 22.9. The van der Waals surface area contributed by atoms with E-state index < -0.39 is 10.2 Å². The number of halogens is 3. The van der Waals surface area contributed by atoms with Crippen molar-refractivity contribution >= 4 is 17.1 Å². The molecule has 0 radical (unpaired) electrons. The quantitative estimate of drug-likeness (QED) is 0.434. The minimum Gasteiger partial charge on any atom is -0.347 e. The maximum Gasteiger partial charge on any atom is 0.209 e. The molecule has 0 atom stereocenters. The van der Waals surface area contributed by atoms with Gasteiger partial charge < -0.3 is 4.90 Å². The van der Waals surface area contributed by atoms with Gasteiger partial charge >= 0.3 is 0 Å². The Labute approximate surface area is 224 Å². The van der Waals surface area contributed by atoms with Crippen LogP contribution in [0.3, 0.4) is 0 Å². The molecule has 0 aliphatic carbocycles. The molecule has 0 saturated carbocycles. The highest BCUT2D eigenvalue weighted by Crippen LogP contribution is 2.47. The molecule has 2 aromatic rings. The standard InChI is InChI=1S/C29H31F2N2.ClHO4/c1-28(2)22-18-20(30)14-16-24(22)32(5)26(28)12-10-8-7-9-11-13-27-29(3,4)23-19-21(31)15-17-25(23)33(27)6;2-1(3,4)5/h7-19H,1-6H3;(H,2,3,4,5)/q+1;/p-1. The summed E-state index contributed by atoms with van der Waals surface area (Å²) < 4.78 is 63.6. The van der Waals surface area contributed by atoms with Crippen molar-refractivity contribution in [1.82, 2.24) is 0 Å². The summed E-state index contributed by atoms with van der Waals surface area (Å²) in [5, 5.41) is 0. The Morgan fingerprint density at radius 3 is 1.95 bits per heavy atom. The van der Waals surface area contributed by atoms with Crippen molar-refractivity contribution < 1.29 is 42.2 Å². The fourth-order valence-corrected chi connectivity index (χ4v) is 5.10. The highest BCUT2D eigenvalue weighted by Gasteiger charge is 2.43. The number of rotatable bonds is 4. The molecule has 0 aromatic heterocycles. The number of likely N-dealkylation sites (N-methyl/N-ethyl adjacent to an activating group) is 1. The maximum atomic E-state index is 13.8. The number of fused-ring (bicyclic) bond motifs is 2. The van der Waals surface area contributed by atoms with Gasteiger partial charge in [0.05, 0.1) is 5.41 Å².